The molecule has 2 aromatic rings. The highest BCUT2D eigenvalue weighted by Gasteiger charge is 2.10. The van der Waals surface area contributed by atoms with Crippen LogP contribution in [-0.4, -0.2) is 12.5 Å². The van der Waals surface area contributed by atoms with E-state index in [0.29, 0.717) is 22.1 Å². The molecule has 0 saturated carbocycles. The van der Waals surface area contributed by atoms with Crippen LogP contribution in [0.25, 0.3) is 0 Å². The molecule has 5 heteroatoms. The van der Waals surface area contributed by atoms with Crippen LogP contribution in [0.2, 0.25) is 5.02 Å². The Morgan fingerprint density at radius 2 is 1.70 bits per heavy atom. The number of benzene rings is 2. The third-order valence-electron chi connectivity index (χ3n) is 3.55. The molecule has 1 amide bonds. The van der Waals surface area contributed by atoms with Crippen molar-refractivity contribution in [1.29, 1.82) is 0 Å². The Bertz CT molecular complexity index is 711. The Morgan fingerprint density at radius 1 is 1.09 bits per heavy atom. The highest BCUT2D eigenvalue weighted by molar-refractivity contribution is 6.32. The number of anilines is 2. The number of aryl methyl sites for hydroxylation is 4. The van der Waals surface area contributed by atoms with Gasteiger partial charge in [0.15, 0.2) is 6.61 Å². The summed E-state index contributed by atoms with van der Waals surface area (Å²) >= 11 is 6.12. The van der Waals surface area contributed by atoms with Crippen molar-refractivity contribution in [2.24, 2.45) is 0 Å². The first kappa shape index (κ1) is 17.2. The monoisotopic (exact) mass is 332 g/mol. The van der Waals surface area contributed by atoms with E-state index in [0.717, 1.165) is 22.3 Å². The van der Waals surface area contributed by atoms with Crippen molar-refractivity contribution in [2.45, 2.75) is 27.7 Å². The van der Waals surface area contributed by atoms with E-state index in [2.05, 4.69) is 5.32 Å². The number of amides is 1. The summed E-state index contributed by atoms with van der Waals surface area (Å²) in [4.78, 5) is 12.1. The van der Waals surface area contributed by atoms with Crippen molar-refractivity contribution in [3.05, 3.63) is 51.5 Å². The van der Waals surface area contributed by atoms with E-state index in [9.17, 15) is 4.79 Å². The highest BCUT2D eigenvalue weighted by atomic mass is 35.5. The average Bonchev–Trinajstić information content (AvgIpc) is 2.46. The largest absolute Gasteiger partial charge is 0.484 e. The number of rotatable bonds is 4. The summed E-state index contributed by atoms with van der Waals surface area (Å²) in [6.45, 7) is 7.58. The molecule has 0 spiro atoms. The number of nitrogens with two attached hydrogens (primary N) is 1. The Morgan fingerprint density at radius 3 is 2.26 bits per heavy atom. The third-order valence-corrected chi connectivity index (χ3v) is 4.15. The minimum absolute atomic E-state index is 0.0900. The molecule has 2 rings (SSSR count). The second kappa shape index (κ2) is 6.92. The van der Waals surface area contributed by atoms with Crippen LogP contribution in [0.1, 0.15) is 22.3 Å². The average molecular weight is 333 g/mol. The van der Waals surface area contributed by atoms with Crippen LogP contribution in [0, 0.1) is 27.7 Å². The van der Waals surface area contributed by atoms with E-state index in [-0.39, 0.29) is 12.5 Å². The Hall–Kier alpha value is -2.20. The molecule has 122 valence electrons. The number of nitrogens with one attached hydrogen (secondary N) is 1. The zero-order valence-electron chi connectivity index (χ0n) is 13.8. The molecule has 3 N–H and O–H groups in total. The van der Waals surface area contributed by atoms with Gasteiger partial charge < -0.3 is 15.8 Å². The fourth-order valence-electron chi connectivity index (χ4n) is 2.49. The second-order valence-corrected chi connectivity index (χ2v) is 6.13. The van der Waals surface area contributed by atoms with E-state index < -0.39 is 0 Å². The molecule has 23 heavy (non-hydrogen) atoms. The first-order valence-electron chi connectivity index (χ1n) is 7.34. The quantitative estimate of drug-likeness (QED) is 0.826. The van der Waals surface area contributed by atoms with Gasteiger partial charge in [0.25, 0.3) is 5.91 Å². The number of carbonyl (C=O) groups excluding carboxylic acids is 1. The van der Waals surface area contributed by atoms with E-state index in [1.165, 1.54) is 0 Å². The molecule has 0 aliphatic rings. The smallest absolute Gasteiger partial charge is 0.262 e. The van der Waals surface area contributed by atoms with Gasteiger partial charge in [-0.2, -0.15) is 0 Å². The first-order chi connectivity index (χ1) is 10.8. The Balaban J connectivity index is 2.04. The van der Waals surface area contributed by atoms with Crippen LogP contribution in [0.15, 0.2) is 24.3 Å². The van der Waals surface area contributed by atoms with Gasteiger partial charge in [-0.1, -0.05) is 17.7 Å². The van der Waals surface area contributed by atoms with Crippen LogP contribution in [0.3, 0.4) is 0 Å². The predicted octanol–water partition coefficient (Wildman–Crippen LogP) is 4.17. The maximum absolute atomic E-state index is 12.1. The van der Waals surface area contributed by atoms with E-state index in [1.807, 2.05) is 52.0 Å². The van der Waals surface area contributed by atoms with Gasteiger partial charge in [-0.05, 0) is 68.1 Å². The van der Waals surface area contributed by atoms with Crippen molar-refractivity contribution in [1.82, 2.24) is 0 Å². The van der Waals surface area contributed by atoms with E-state index in [1.54, 1.807) is 0 Å². The van der Waals surface area contributed by atoms with Gasteiger partial charge in [0, 0.05) is 5.02 Å². The summed E-state index contributed by atoms with van der Waals surface area (Å²) in [7, 11) is 0. The van der Waals surface area contributed by atoms with Crippen molar-refractivity contribution < 1.29 is 9.53 Å². The standard InChI is InChI=1S/C18H21ClN2O2/c1-10-5-13(4)18(15(20)6-10)21-16(22)9-23-14-7-11(2)17(19)12(3)8-14/h5-8H,9,20H2,1-4H3,(H,21,22). The van der Waals surface area contributed by atoms with Gasteiger partial charge in [0.2, 0.25) is 0 Å². The maximum atomic E-state index is 12.1. The fraction of sp³-hybridized carbons (Fsp3) is 0.278. The summed E-state index contributed by atoms with van der Waals surface area (Å²) in [5, 5.41) is 3.51. The molecule has 0 bridgehead atoms. The van der Waals surface area contributed by atoms with Gasteiger partial charge >= 0.3 is 0 Å². The lowest BCUT2D eigenvalue weighted by Gasteiger charge is -2.13. The molecule has 4 nitrogen and oxygen atoms in total. The zero-order valence-corrected chi connectivity index (χ0v) is 14.5. The summed E-state index contributed by atoms with van der Waals surface area (Å²) in [5.41, 5.74) is 11.0. The summed E-state index contributed by atoms with van der Waals surface area (Å²) < 4.78 is 5.55. The highest BCUT2D eigenvalue weighted by Crippen LogP contribution is 2.27. The fourth-order valence-corrected chi connectivity index (χ4v) is 2.59. The van der Waals surface area contributed by atoms with Crippen LogP contribution in [-0.2, 0) is 4.79 Å². The van der Waals surface area contributed by atoms with Gasteiger partial charge in [0.1, 0.15) is 5.75 Å². The molecule has 0 aliphatic heterocycles. The zero-order chi connectivity index (χ0) is 17.1. The van der Waals surface area contributed by atoms with Crippen molar-refractivity contribution in [2.75, 3.05) is 17.7 Å². The first-order valence-corrected chi connectivity index (χ1v) is 7.72. The van der Waals surface area contributed by atoms with Crippen LogP contribution in [0.4, 0.5) is 11.4 Å². The molecular weight excluding hydrogens is 312 g/mol. The lowest BCUT2D eigenvalue weighted by atomic mass is 10.1. The van der Waals surface area contributed by atoms with E-state index >= 15 is 0 Å². The van der Waals surface area contributed by atoms with Gasteiger partial charge in [-0.15, -0.1) is 0 Å². The van der Waals surface area contributed by atoms with Crippen LogP contribution < -0.4 is 15.8 Å². The molecule has 0 fully saturated rings. The number of hydrogen-bond acceptors (Lipinski definition) is 3. The normalized spacial score (nSPS) is 10.5. The molecule has 0 heterocycles. The van der Waals surface area contributed by atoms with Crippen molar-refractivity contribution in [3.8, 4) is 5.75 Å². The maximum Gasteiger partial charge on any atom is 0.262 e. The van der Waals surface area contributed by atoms with E-state index in [4.69, 9.17) is 22.1 Å². The van der Waals surface area contributed by atoms with Crippen LogP contribution >= 0.6 is 11.6 Å². The minimum atomic E-state index is -0.256. The number of carbonyl (C=O) groups is 1. The molecule has 0 atom stereocenters. The van der Waals surface area contributed by atoms with Crippen molar-refractivity contribution in [3.63, 3.8) is 0 Å². The second-order valence-electron chi connectivity index (χ2n) is 5.75. The Kier molecular flexibility index (Phi) is 5.16. The molecule has 0 unspecified atom stereocenters. The van der Waals surface area contributed by atoms with Gasteiger partial charge in [-0.25, -0.2) is 0 Å². The number of hydrogen-bond donors (Lipinski definition) is 2. The Labute approximate surface area is 141 Å². The van der Waals surface area contributed by atoms with Crippen LogP contribution in [0.5, 0.6) is 5.75 Å². The summed E-state index contributed by atoms with van der Waals surface area (Å²) in [6.07, 6.45) is 0. The molecule has 0 aromatic heterocycles. The van der Waals surface area contributed by atoms with Gasteiger partial charge in [0.05, 0.1) is 11.4 Å². The molecule has 0 saturated heterocycles. The lowest BCUT2D eigenvalue weighted by molar-refractivity contribution is -0.118. The van der Waals surface area contributed by atoms with Crippen molar-refractivity contribution >= 4 is 28.9 Å². The third kappa shape index (κ3) is 4.17. The minimum Gasteiger partial charge on any atom is -0.484 e. The van der Waals surface area contributed by atoms with Gasteiger partial charge in [-0.3, -0.25) is 4.79 Å². The summed E-state index contributed by atoms with van der Waals surface area (Å²) in [5.74, 6) is 0.363. The molecule has 0 aliphatic carbocycles. The molecule has 2 aromatic carbocycles. The number of nitrogen functional groups attached to an aromatic ring is 1. The number of ether oxygens (including phenoxy) is 1. The number of halogens is 1. The topological polar surface area (TPSA) is 64.3 Å². The SMILES string of the molecule is Cc1cc(C)c(NC(=O)COc2cc(C)c(Cl)c(C)c2)c(N)c1. The molecule has 0 radical (unpaired) electrons. The predicted molar refractivity (Wildman–Crippen MR) is 95.4 cm³/mol. The lowest BCUT2D eigenvalue weighted by Crippen LogP contribution is -2.21. The molecular formula is C18H21ClN2O2. The summed E-state index contributed by atoms with van der Waals surface area (Å²) in [6, 6.07) is 7.43.